The van der Waals surface area contributed by atoms with E-state index in [1.54, 1.807) is 23.8 Å². The number of hydrogen-bond donors (Lipinski definition) is 1. The number of nitrogens with zero attached hydrogens (tertiary/aromatic N) is 3. The van der Waals surface area contributed by atoms with Gasteiger partial charge in [0.1, 0.15) is 6.04 Å². The highest BCUT2D eigenvalue weighted by Crippen LogP contribution is 2.28. The van der Waals surface area contributed by atoms with Gasteiger partial charge in [0.15, 0.2) is 0 Å². The zero-order chi connectivity index (χ0) is 24.0. The van der Waals surface area contributed by atoms with Gasteiger partial charge in [-0.3, -0.25) is 19.2 Å². The highest BCUT2D eigenvalue weighted by atomic mass is 16.2. The van der Waals surface area contributed by atoms with Gasteiger partial charge in [0.2, 0.25) is 24.1 Å². The van der Waals surface area contributed by atoms with Crippen molar-refractivity contribution in [3.8, 4) is 0 Å². The first-order valence-electron chi connectivity index (χ1n) is 11.8. The van der Waals surface area contributed by atoms with E-state index in [1.807, 2.05) is 24.8 Å². The number of piperidine rings is 1. The number of nitrogens with one attached hydrogen (secondary N) is 1. The monoisotopic (exact) mass is 448 g/mol. The van der Waals surface area contributed by atoms with Gasteiger partial charge in [-0.25, -0.2) is 0 Å². The molecule has 8 nitrogen and oxygen atoms in total. The van der Waals surface area contributed by atoms with E-state index in [-0.39, 0.29) is 48.3 Å². The van der Waals surface area contributed by atoms with Gasteiger partial charge < -0.3 is 20.0 Å². The lowest BCUT2D eigenvalue weighted by Gasteiger charge is -2.41. The Labute approximate surface area is 192 Å². The van der Waals surface area contributed by atoms with Crippen LogP contribution in [-0.4, -0.2) is 83.1 Å². The summed E-state index contributed by atoms with van der Waals surface area (Å²) >= 11 is 0. The Kier molecular flexibility index (Phi) is 9.28. The molecule has 0 saturated carbocycles. The summed E-state index contributed by atoms with van der Waals surface area (Å²) in [6.07, 6.45) is 6.96. The molecule has 8 heteroatoms. The molecule has 2 heterocycles. The van der Waals surface area contributed by atoms with E-state index in [4.69, 9.17) is 0 Å². The van der Waals surface area contributed by atoms with E-state index < -0.39 is 6.04 Å². The number of amides is 4. The van der Waals surface area contributed by atoms with Gasteiger partial charge in [-0.1, -0.05) is 19.9 Å². The molecule has 2 rings (SSSR count). The van der Waals surface area contributed by atoms with Crippen LogP contribution in [0.25, 0.3) is 0 Å². The van der Waals surface area contributed by atoms with Crippen LogP contribution in [0.1, 0.15) is 66.7 Å². The molecule has 0 aromatic rings. The summed E-state index contributed by atoms with van der Waals surface area (Å²) in [5, 5.41) is 2.39. The van der Waals surface area contributed by atoms with Crippen molar-refractivity contribution >= 4 is 24.1 Å². The van der Waals surface area contributed by atoms with Crippen molar-refractivity contribution in [3.63, 3.8) is 0 Å². The lowest BCUT2D eigenvalue weighted by molar-refractivity contribution is -0.146. The van der Waals surface area contributed by atoms with Crippen LogP contribution in [0.5, 0.6) is 0 Å². The minimum atomic E-state index is -0.414. The molecule has 180 valence electrons. The third-order valence-corrected chi connectivity index (χ3v) is 6.87. The van der Waals surface area contributed by atoms with Crippen LogP contribution in [-0.2, 0) is 19.2 Å². The Morgan fingerprint density at radius 2 is 1.72 bits per heavy atom. The molecule has 2 aliphatic heterocycles. The van der Waals surface area contributed by atoms with E-state index in [1.165, 1.54) is 0 Å². The second-order valence-electron chi connectivity index (χ2n) is 9.62. The van der Waals surface area contributed by atoms with E-state index in [9.17, 15) is 19.2 Å². The number of carbonyl (C=O) groups is 4. The molecule has 2 fully saturated rings. The fourth-order valence-corrected chi connectivity index (χ4v) is 5.02. The van der Waals surface area contributed by atoms with Crippen molar-refractivity contribution in [2.45, 2.75) is 90.9 Å². The van der Waals surface area contributed by atoms with Gasteiger partial charge in [0, 0.05) is 31.2 Å². The van der Waals surface area contributed by atoms with Crippen LogP contribution >= 0.6 is 0 Å². The fourth-order valence-electron chi connectivity index (χ4n) is 5.02. The van der Waals surface area contributed by atoms with Gasteiger partial charge in [-0.2, -0.15) is 0 Å². The van der Waals surface area contributed by atoms with Crippen LogP contribution in [0.4, 0.5) is 0 Å². The molecule has 4 amide bonds. The molecule has 4 atom stereocenters. The number of carbonyl (C=O) groups excluding carboxylic acids is 4. The molecule has 0 aliphatic carbocycles. The number of likely N-dealkylation sites (tertiary alicyclic amines) is 2. The molecule has 1 N–H and O–H groups in total. The number of hydrogen-bond acceptors (Lipinski definition) is 4. The van der Waals surface area contributed by atoms with Crippen molar-refractivity contribution in [1.29, 1.82) is 0 Å². The van der Waals surface area contributed by atoms with Crippen LogP contribution in [0.3, 0.4) is 0 Å². The third-order valence-electron chi connectivity index (χ3n) is 6.87. The summed E-state index contributed by atoms with van der Waals surface area (Å²) in [6.45, 7) is 10.4. The van der Waals surface area contributed by atoms with E-state index >= 15 is 0 Å². The molecular weight excluding hydrogens is 408 g/mol. The minimum absolute atomic E-state index is 0.0657. The molecule has 0 aromatic carbocycles. The molecule has 2 unspecified atom stereocenters. The lowest BCUT2D eigenvalue weighted by atomic mass is 9.96. The largest absolute Gasteiger partial charge is 0.350 e. The van der Waals surface area contributed by atoms with Gasteiger partial charge in [-0.15, -0.1) is 0 Å². The Bertz CT molecular complexity index is 726. The molecule has 2 aliphatic rings. The van der Waals surface area contributed by atoms with Crippen LogP contribution in [0.15, 0.2) is 11.6 Å². The predicted octanol–water partition coefficient (Wildman–Crippen LogP) is 1.94. The van der Waals surface area contributed by atoms with Gasteiger partial charge in [0.05, 0.1) is 12.6 Å². The van der Waals surface area contributed by atoms with Crippen molar-refractivity contribution in [3.05, 3.63) is 11.6 Å². The molecule has 0 aromatic heterocycles. The summed E-state index contributed by atoms with van der Waals surface area (Å²) in [4.78, 5) is 54.9. The summed E-state index contributed by atoms with van der Waals surface area (Å²) in [6, 6.07) is -0.308. The van der Waals surface area contributed by atoms with E-state index in [0.29, 0.717) is 24.9 Å². The molecule has 0 spiro atoms. The second-order valence-corrected chi connectivity index (χ2v) is 9.62. The Morgan fingerprint density at radius 1 is 1.09 bits per heavy atom. The quantitative estimate of drug-likeness (QED) is 0.454. The highest BCUT2D eigenvalue weighted by Gasteiger charge is 2.40. The van der Waals surface area contributed by atoms with Crippen molar-refractivity contribution in [2.75, 3.05) is 20.1 Å². The first-order valence-corrected chi connectivity index (χ1v) is 11.8. The molecule has 0 radical (unpaired) electrons. The minimum Gasteiger partial charge on any atom is -0.350 e. The molecule has 32 heavy (non-hydrogen) atoms. The molecule has 2 saturated heterocycles. The zero-order valence-corrected chi connectivity index (χ0v) is 20.5. The lowest BCUT2D eigenvalue weighted by Crippen LogP contribution is -2.55. The highest BCUT2D eigenvalue weighted by molar-refractivity contribution is 5.97. The standard InChI is InChI=1S/C24H40N4O4/c1-16(2)21(26(6)22(30)14-25-15-29)13-17(3)23(31)27-12-8-11-20(27)24(32)28-18(4)9-7-10-19(28)5/h13,15-16,18-21H,7-12,14H2,1-6H3,(H,25,29)/t18?,19?,20-,21+/m0/s1. The van der Waals surface area contributed by atoms with Gasteiger partial charge in [0.25, 0.3) is 0 Å². The number of rotatable bonds is 8. The molecule has 0 bridgehead atoms. The normalized spacial score (nSPS) is 25.0. The zero-order valence-electron chi connectivity index (χ0n) is 20.5. The summed E-state index contributed by atoms with van der Waals surface area (Å²) in [5.41, 5.74) is 0.533. The van der Waals surface area contributed by atoms with Gasteiger partial charge >= 0.3 is 0 Å². The summed E-state index contributed by atoms with van der Waals surface area (Å²) in [5.74, 6) is -0.227. The van der Waals surface area contributed by atoms with Crippen LogP contribution in [0, 0.1) is 5.92 Å². The maximum atomic E-state index is 13.4. The third kappa shape index (κ3) is 5.90. The van der Waals surface area contributed by atoms with Crippen LogP contribution < -0.4 is 5.32 Å². The second kappa shape index (κ2) is 11.5. The van der Waals surface area contributed by atoms with Crippen molar-refractivity contribution in [1.82, 2.24) is 20.0 Å². The maximum Gasteiger partial charge on any atom is 0.249 e. The van der Waals surface area contributed by atoms with E-state index in [0.717, 1.165) is 25.7 Å². The fraction of sp³-hybridized carbons (Fsp3) is 0.750. The predicted molar refractivity (Wildman–Crippen MR) is 124 cm³/mol. The van der Waals surface area contributed by atoms with Crippen molar-refractivity contribution < 1.29 is 19.2 Å². The first-order chi connectivity index (χ1) is 15.1. The maximum absolute atomic E-state index is 13.4. The molecular formula is C24H40N4O4. The first kappa shape index (κ1) is 25.9. The summed E-state index contributed by atoms with van der Waals surface area (Å²) in [7, 11) is 1.68. The van der Waals surface area contributed by atoms with E-state index in [2.05, 4.69) is 19.2 Å². The van der Waals surface area contributed by atoms with Crippen LogP contribution in [0.2, 0.25) is 0 Å². The Morgan fingerprint density at radius 3 is 2.28 bits per heavy atom. The summed E-state index contributed by atoms with van der Waals surface area (Å²) < 4.78 is 0. The van der Waals surface area contributed by atoms with Gasteiger partial charge in [-0.05, 0) is 58.8 Å². The SMILES string of the molecule is CC(=C[C@H](C(C)C)N(C)C(=O)CNC=O)C(=O)N1CCC[C@H]1C(=O)N1C(C)CCCC1C. The Hall–Kier alpha value is -2.38. The average molecular weight is 449 g/mol. The topological polar surface area (TPSA) is 90.0 Å². The average Bonchev–Trinajstić information content (AvgIpc) is 3.24. The smallest absolute Gasteiger partial charge is 0.249 e. The number of likely N-dealkylation sites (N-methyl/N-ethyl adjacent to an activating group) is 1. The van der Waals surface area contributed by atoms with Crippen molar-refractivity contribution in [2.24, 2.45) is 5.92 Å². The Balaban J connectivity index is 2.17.